The Labute approximate surface area is 102 Å². The standard InChI is InChI=1S/C11H17NO3.ClH/c1-13-9-6-8(4-5-12)11(15-3)10(7-9)14-2;/h6-7H,4-5,12H2,1-3H3;1H/p-1. The van der Waals surface area contributed by atoms with Crippen molar-refractivity contribution in [2.45, 2.75) is 6.42 Å². The lowest BCUT2D eigenvalue weighted by molar-refractivity contribution is -0.00000410. The molecule has 0 unspecified atom stereocenters. The third-order valence-electron chi connectivity index (χ3n) is 2.18. The zero-order valence-corrected chi connectivity index (χ0v) is 10.5. The number of methoxy groups -OCH3 is 3. The minimum atomic E-state index is 0. The molecule has 0 heterocycles. The summed E-state index contributed by atoms with van der Waals surface area (Å²) in [6, 6.07) is 3.70. The third-order valence-corrected chi connectivity index (χ3v) is 2.18. The summed E-state index contributed by atoms with van der Waals surface area (Å²) >= 11 is 0. The summed E-state index contributed by atoms with van der Waals surface area (Å²) in [4.78, 5) is 0. The van der Waals surface area contributed by atoms with Gasteiger partial charge in [0.2, 0.25) is 0 Å². The van der Waals surface area contributed by atoms with Gasteiger partial charge in [-0.05, 0) is 19.0 Å². The van der Waals surface area contributed by atoms with Crippen LogP contribution in [-0.4, -0.2) is 27.9 Å². The van der Waals surface area contributed by atoms with Crippen LogP contribution in [0.25, 0.3) is 0 Å². The summed E-state index contributed by atoms with van der Waals surface area (Å²) in [6.07, 6.45) is 0.733. The first kappa shape index (κ1) is 14.9. The van der Waals surface area contributed by atoms with Crippen LogP contribution < -0.4 is 32.4 Å². The molecule has 5 heteroatoms. The molecule has 0 amide bonds. The molecule has 0 saturated carbocycles. The van der Waals surface area contributed by atoms with Gasteiger partial charge in [-0.15, -0.1) is 0 Å². The van der Waals surface area contributed by atoms with Crippen LogP contribution >= 0.6 is 0 Å². The average molecular weight is 247 g/mol. The molecule has 0 spiro atoms. The lowest BCUT2D eigenvalue weighted by Gasteiger charge is -2.14. The van der Waals surface area contributed by atoms with Gasteiger partial charge >= 0.3 is 0 Å². The van der Waals surface area contributed by atoms with Gasteiger partial charge < -0.3 is 32.4 Å². The largest absolute Gasteiger partial charge is 1.00 e. The van der Waals surface area contributed by atoms with Gasteiger partial charge in [0.05, 0.1) is 21.3 Å². The lowest BCUT2D eigenvalue weighted by atomic mass is 10.1. The average Bonchev–Trinajstić information content (AvgIpc) is 2.28. The lowest BCUT2D eigenvalue weighted by Crippen LogP contribution is -3.00. The predicted octanol–water partition coefficient (Wildman–Crippen LogP) is -1.78. The normalized spacial score (nSPS) is 9.25. The minimum Gasteiger partial charge on any atom is -1.00 e. The van der Waals surface area contributed by atoms with Crippen molar-refractivity contribution < 1.29 is 26.6 Å². The Morgan fingerprint density at radius 2 is 1.75 bits per heavy atom. The Morgan fingerprint density at radius 1 is 1.06 bits per heavy atom. The second-order valence-electron chi connectivity index (χ2n) is 3.06. The molecule has 0 aliphatic rings. The summed E-state index contributed by atoms with van der Waals surface area (Å²) in [5.74, 6) is 2.14. The summed E-state index contributed by atoms with van der Waals surface area (Å²) in [7, 11) is 4.83. The smallest absolute Gasteiger partial charge is 0.164 e. The first-order valence-electron chi connectivity index (χ1n) is 4.75. The highest BCUT2D eigenvalue weighted by Gasteiger charge is 2.11. The van der Waals surface area contributed by atoms with Crippen LogP contribution in [-0.2, 0) is 6.42 Å². The molecule has 1 rings (SSSR count). The van der Waals surface area contributed by atoms with E-state index in [-0.39, 0.29) is 12.4 Å². The molecule has 0 bridgehead atoms. The molecule has 0 aliphatic carbocycles. The summed E-state index contributed by atoms with van der Waals surface area (Å²) in [6.45, 7) is 0.562. The maximum atomic E-state index is 5.53. The van der Waals surface area contributed by atoms with Crippen molar-refractivity contribution in [3.63, 3.8) is 0 Å². The highest BCUT2D eigenvalue weighted by atomic mass is 35.5. The first-order chi connectivity index (χ1) is 7.26. The number of halogens is 1. The first-order valence-corrected chi connectivity index (χ1v) is 4.75. The molecule has 0 fully saturated rings. The fraction of sp³-hybridized carbons (Fsp3) is 0.455. The zero-order chi connectivity index (χ0) is 11.3. The van der Waals surface area contributed by atoms with Crippen LogP contribution in [0.3, 0.4) is 0 Å². The highest BCUT2D eigenvalue weighted by molar-refractivity contribution is 5.51. The van der Waals surface area contributed by atoms with Crippen LogP contribution in [0.15, 0.2) is 12.1 Å². The molecule has 0 radical (unpaired) electrons. The topological polar surface area (TPSA) is 53.7 Å². The van der Waals surface area contributed by atoms with Gasteiger partial charge in [-0.1, -0.05) is 0 Å². The predicted molar refractivity (Wildman–Crippen MR) is 58.9 cm³/mol. The van der Waals surface area contributed by atoms with Crippen molar-refractivity contribution in [2.75, 3.05) is 27.9 Å². The molecule has 0 aliphatic heterocycles. The van der Waals surface area contributed by atoms with Gasteiger partial charge in [0.25, 0.3) is 0 Å². The van der Waals surface area contributed by atoms with Crippen molar-refractivity contribution >= 4 is 0 Å². The fourth-order valence-corrected chi connectivity index (χ4v) is 1.47. The van der Waals surface area contributed by atoms with E-state index in [4.69, 9.17) is 19.9 Å². The zero-order valence-electron chi connectivity index (χ0n) is 9.75. The van der Waals surface area contributed by atoms with Crippen LogP contribution in [0.1, 0.15) is 5.56 Å². The molecule has 4 nitrogen and oxygen atoms in total. The van der Waals surface area contributed by atoms with Crippen LogP contribution in [0.4, 0.5) is 0 Å². The fourth-order valence-electron chi connectivity index (χ4n) is 1.47. The van der Waals surface area contributed by atoms with Gasteiger partial charge in [-0.3, -0.25) is 0 Å². The van der Waals surface area contributed by atoms with E-state index in [1.54, 1.807) is 27.4 Å². The molecule has 1 aromatic rings. The Hall–Kier alpha value is -1.13. The van der Waals surface area contributed by atoms with Crippen molar-refractivity contribution in [2.24, 2.45) is 5.73 Å². The van der Waals surface area contributed by atoms with E-state index in [2.05, 4.69) is 0 Å². The Bertz CT molecular complexity index is 331. The highest BCUT2D eigenvalue weighted by Crippen LogP contribution is 2.35. The molecule has 92 valence electrons. The molecule has 0 aromatic heterocycles. The van der Waals surface area contributed by atoms with E-state index in [9.17, 15) is 0 Å². The number of hydrogen-bond donors (Lipinski definition) is 1. The van der Waals surface area contributed by atoms with Crippen molar-refractivity contribution in [3.8, 4) is 17.2 Å². The van der Waals surface area contributed by atoms with Gasteiger partial charge in [0.15, 0.2) is 11.5 Å². The van der Waals surface area contributed by atoms with Crippen molar-refractivity contribution in [1.29, 1.82) is 0 Å². The number of ether oxygens (including phenoxy) is 3. The number of benzene rings is 1. The second-order valence-corrected chi connectivity index (χ2v) is 3.06. The summed E-state index contributed by atoms with van der Waals surface area (Å²) < 4.78 is 15.7. The van der Waals surface area contributed by atoms with E-state index < -0.39 is 0 Å². The van der Waals surface area contributed by atoms with E-state index >= 15 is 0 Å². The van der Waals surface area contributed by atoms with Crippen molar-refractivity contribution in [3.05, 3.63) is 17.7 Å². The molecular formula is C11H17ClNO3-. The Kier molecular flexibility index (Phi) is 6.69. The third kappa shape index (κ3) is 3.18. The van der Waals surface area contributed by atoms with E-state index in [0.29, 0.717) is 12.3 Å². The molecular weight excluding hydrogens is 230 g/mol. The molecule has 1 aromatic carbocycles. The quantitative estimate of drug-likeness (QED) is 0.668. The molecule has 2 N–H and O–H groups in total. The Morgan fingerprint density at radius 3 is 2.19 bits per heavy atom. The van der Waals surface area contributed by atoms with Gasteiger partial charge in [0, 0.05) is 11.6 Å². The van der Waals surface area contributed by atoms with Crippen molar-refractivity contribution in [1.82, 2.24) is 0 Å². The molecule has 16 heavy (non-hydrogen) atoms. The van der Waals surface area contributed by atoms with E-state index in [0.717, 1.165) is 23.5 Å². The number of nitrogens with two attached hydrogens (primary N) is 1. The maximum Gasteiger partial charge on any atom is 0.164 e. The number of rotatable bonds is 5. The SMILES string of the molecule is COc1cc(CCN)c(OC)c(OC)c1.[Cl-]. The van der Waals surface area contributed by atoms with Crippen LogP contribution in [0.5, 0.6) is 17.2 Å². The van der Waals surface area contributed by atoms with Gasteiger partial charge in [-0.2, -0.15) is 0 Å². The molecule has 0 atom stereocenters. The second kappa shape index (κ2) is 7.19. The summed E-state index contributed by atoms with van der Waals surface area (Å²) in [5, 5.41) is 0. The maximum absolute atomic E-state index is 5.53. The van der Waals surface area contributed by atoms with E-state index in [1.165, 1.54) is 0 Å². The van der Waals surface area contributed by atoms with Crippen LogP contribution in [0.2, 0.25) is 0 Å². The monoisotopic (exact) mass is 246 g/mol. The molecule has 0 saturated heterocycles. The Balaban J connectivity index is 0.00000225. The van der Waals surface area contributed by atoms with Gasteiger partial charge in [0.1, 0.15) is 5.75 Å². The van der Waals surface area contributed by atoms with E-state index in [1.807, 2.05) is 6.07 Å². The van der Waals surface area contributed by atoms with Crippen LogP contribution in [0, 0.1) is 0 Å². The minimum absolute atomic E-state index is 0. The summed E-state index contributed by atoms with van der Waals surface area (Å²) in [5.41, 5.74) is 6.53. The number of hydrogen-bond acceptors (Lipinski definition) is 4. The van der Waals surface area contributed by atoms with Gasteiger partial charge in [-0.25, -0.2) is 0 Å².